The van der Waals surface area contributed by atoms with Crippen molar-refractivity contribution in [1.82, 2.24) is 14.9 Å². The highest BCUT2D eigenvalue weighted by atomic mass is 16.1. The first-order chi connectivity index (χ1) is 13.0. The molecule has 2 aromatic carbocycles. The summed E-state index contributed by atoms with van der Waals surface area (Å²) in [6.07, 6.45) is 1.62. The molecule has 2 unspecified atom stereocenters. The maximum absolute atomic E-state index is 11.9. The van der Waals surface area contributed by atoms with Crippen molar-refractivity contribution in [3.63, 3.8) is 0 Å². The van der Waals surface area contributed by atoms with Crippen LogP contribution < -0.4 is 5.32 Å². The summed E-state index contributed by atoms with van der Waals surface area (Å²) in [5, 5.41) is 3.04. The maximum Gasteiger partial charge on any atom is 0.220 e. The molecule has 0 saturated heterocycles. The molecule has 142 valence electrons. The van der Waals surface area contributed by atoms with Gasteiger partial charge < -0.3 is 9.88 Å². The van der Waals surface area contributed by atoms with Crippen LogP contribution in [0.4, 0.5) is 0 Å². The summed E-state index contributed by atoms with van der Waals surface area (Å²) < 4.78 is 2.22. The predicted molar refractivity (Wildman–Crippen MR) is 111 cm³/mol. The molecule has 4 nitrogen and oxygen atoms in total. The van der Waals surface area contributed by atoms with E-state index in [-0.39, 0.29) is 11.9 Å². The summed E-state index contributed by atoms with van der Waals surface area (Å²) >= 11 is 0. The highest BCUT2D eigenvalue weighted by Gasteiger charge is 2.18. The van der Waals surface area contributed by atoms with Gasteiger partial charge in [-0.15, -0.1) is 0 Å². The molecule has 0 radical (unpaired) electrons. The van der Waals surface area contributed by atoms with Gasteiger partial charge in [-0.3, -0.25) is 4.79 Å². The minimum Gasteiger partial charge on any atom is -0.346 e. The molecule has 1 heterocycles. The Labute approximate surface area is 161 Å². The second kappa shape index (κ2) is 8.38. The summed E-state index contributed by atoms with van der Waals surface area (Å²) in [5.41, 5.74) is 4.67. The Kier molecular flexibility index (Phi) is 5.94. The van der Waals surface area contributed by atoms with Gasteiger partial charge in [0.15, 0.2) is 0 Å². The van der Waals surface area contributed by atoms with Crippen LogP contribution in [0.3, 0.4) is 0 Å². The molecule has 0 saturated carbocycles. The summed E-state index contributed by atoms with van der Waals surface area (Å²) in [6, 6.07) is 16.9. The van der Waals surface area contributed by atoms with Gasteiger partial charge in [0.05, 0.1) is 17.1 Å². The average Bonchev–Trinajstić information content (AvgIpc) is 3.06. The van der Waals surface area contributed by atoms with Crippen molar-refractivity contribution < 1.29 is 4.79 Å². The summed E-state index contributed by atoms with van der Waals surface area (Å²) in [4.78, 5) is 16.7. The van der Waals surface area contributed by atoms with Crippen LogP contribution in [0.15, 0.2) is 48.5 Å². The Bertz CT molecular complexity index is 911. The van der Waals surface area contributed by atoms with Crippen LogP contribution in [0.1, 0.15) is 69.4 Å². The highest BCUT2D eigenvalue weighted by Crippen LogP contribution is 2.24. The minimum atomic E-state index is -0.135. The van der Waals surface area contributed by atoms with Gasteiger partial charge in [0.2, 0.25) is 5.91 Å². The van der Waals surface area contributed by atoms with Gasteiger partial charge >= 0.3 is 0 Å². The quantitative estimate of drug-likeness (QED) is 0.628. The third kappa shape index (κ3) is 4.21. The summed E-state index contributed by atoms with van der Waals surface area (Å²) in [5.74, 6) is 1.51. The zero-order valence-electron chi connectivity index (χ0n) is 16.7. The number of fused-ring (bicyclic) bond motifs is 1. The lowest BCUT2D eigenvalue weighted by atomic mass is 9.97. The highest BCUT2D eigenvalue weighted by molar-refractivity contribution is 5.78. The fourth-order valence-electron chi connectivity index (χ4n) is 3.37. The van der Waals surface area contributed by atoms with E-state index in [9.17, 15) is 4.79 Å². The molecule has 3 rings (SSSR count). The first-order valence-electron chi connectivity index (χ1n) is 9.86. The molecule has 1 amide bonds. The predicted octanol–water partition coefficient (Wildman–Crippen LogP) is 5.19. The molecule has 27 heavy (non-hydrogen) atoms. The molecule has 0 aliphatic carbocycles. The van der Waals surface area contributed by atoms with Gasteiger partial charge in [-0.25, -0.2) is 4.98 Å². The van der Waals surface area contributed by atoms with E-state index in [4.69, 9.17) is 4.98 Å². The van der Waals surface area contributed by atoms with E-state index >= 15 is 0 Å². The third-order valence-corrected chi connectivity index (χ3v) is 5.27. The van der Waals surface area contributed by atoms with Crippen LogP contribution in [0.2, 0.25) is 0 Å². The Morgan fingerprint density at radius 2 is 1.78 bits per heavy atom. The van der Waals surface area contributed by atoms with E-state index in [0.717, 1.165) is 29.8 Å². The van der Waals surface area contributed by atoms with Crippen LogP contribution >= 0.6 is 0 Å². The number of hydrogen-bond acceptors (Lipinski definition) is 2. The lowest BCUT2D eigenvalue weighted by Gasteiger charge is -2.17. The normalized spacial score (nSPS) is 13.5. The van der Waals surface area contributed by atoms with E-state index in [1.54, 1.807) is 0 Å². The van der Waals surface area contributed by atoms with Crippen molar-refractivity contribution in [3.05, 3.63) is 65.5 Å². The molecule has 1 aromatic heterocycles. The van der Waals surface area contributed by atoms with Gasteiger partial charge in [0, 0.05) is 13.0 Å². The monoisotopic (exact) mass is 363 g/mol. The van der Waals surface area contributed by atoms with Crippen LogP contribution in [0.25, 0.3) is 11.0 Å². The zero-order chi connectivity index (χ0) is 19.4. The third-order valence-electron chi connectivity index (χ3n) is 5.27. The van der Waals surface area contributed by atoms with Gasteiger partial charge in [-0.2, -0.15) is 0 Å². The summed E-state index contributed by atoms with van der Waals surface area (Å²) in [7, 11) is 0. The van der Waals surface area contributed by atoms with Crippen molar-refractivity contribution >= 4 is 16.9 Å². The molecule has 0 spiro atoms. The van der Waals surface area contributed by atoms with Crippen molar-refractivity contribution in [1.29, 1.82) is 0 Å². The smallest absolute Gasteiger partial charge is 0.220 e. The SMILES string of the molecule is CCC(=O)NC(C)c1nc2ccccc2n1Cc1ccc(C(C)CC)cc1. The van der Waals surface area contributed by atoms with E-state index in [2.05, 4.69) is 54.1 Å². The van der Waals surface area contributed by atoms with E-state index < -0.39 is 0 Å². The Morgan fingerprint density at radius 3 is 2.44 bits per heavy atom. The van der Waals surface area contributed by atoms with Gasteiger partial charge in [-0.1, -0.05) is 57.2 Å². The number of nitrogens with one attached hydrogen (secondary N) is 1. The Balaban J connectivity index is 1.94. The van der Waals surface area contributed by atoms with Crippen molar-refractivity contribution in [2.24, 2.45) is 0 Å². The van der Waals surface area contributed by atoms with Crippen molar-refractivity contribution in [2.45, 2.75) is 59.0 Å². The molecule has 3 aromatic rings. The molecule has 0 aliphatic rings. The second-order valence-corrected chi connectivity index (χ2v) is 7.24. The topological polar surface area (TPSA) is 46.9 Å². The second-order valence-electron chi connectivity index (χ2n) is 7.24. The Hall–Kier alpha value is -2.62. The lowest BCUT2D eigenvalue weighted by molar-refractivity contribution is -0.121. The fourth-order valence-corrected chi connectivity index (χ4v) is 3.37. The average molecular weight is 364 g/mol. The number of rotatable bonds is 7. The first kappa shape index (κ1) is 19.2. The number of imidazole rings is 1. The molecule has 4 heteroatoms. The lowest BCUT2D eigenvalue weighted by Crippen LogP contribution is -2.28. The molecular formula is C23H29N3O. The Morgan fingerprint density at radius 1 is 1.07 bits per heavy atom. The number of hydrogen-bond donors (Lipinski definition) is 1. The molecule has 0 aliphatic heterocycles. The molecular weight excluding hydrogens is 334 g/mol. The van der Waals surface area contributed by atoms with Crippen LogP contribution in [-0.2, 0) is 11.3 Å². The standard InChI is InChI=1S/C23H29N3O/c1-5-16(3)19-13-11-18(12-14-19)15-26-21-10-8-7-9-20(21)25-23(26)17(4)24-22(27)6-2/h7-14,16-17H,5-6,15H2,1-4H3,(H,24,27). The number of benzene rings is 2. The van der Waals surface area contributed by atoms with Gasteiger partial charge in [0.1, 0.15) is 5.82 Å². The zero-order valence-corrected chi connectivity index (χ0v) is 16.7. The minimum absolute atomic E-state index is 0.0408. The van der Waals surface area contributed by atoms with Crippen LogP contribution in [-0.4, -0.2) is 15.5 Å². The van der Waals surface area contributed by atoms with Gasteiger partial charge in [-0.05, 0) is 42.5 Å². The maximum atomic E-state index is 11.9. The van der Waals surface area contributed by atoms with E-state index in [1.807, 2.05) is 32.0 Å². The molecule has 2 atom stereocenters. The number of amides is 1. The summed E-state index contributed by atoms with van der Waals surface area (Å²) in [6.45, 7) is 9.08. The largest absolute Gasteiger partial charge is 0.346 e. The van der Waals surface area contributed by atoms with Crippen LogP contribution in [0.5, 0.6) is 0 Å². The number of nitrogens with zero attached hydrogens (tertiary/aromatic N) is 2. The van der Waals surface area contributed by atoms with E-state index in [0.29, 0.717) is 12.3 Å². The number of aromatic nitrogens is 2. The molecule has 0 fully saturated rings. The fraction of sp³-hybridized carbons (Fsp3) is 0.391. The number of carbonyl (C=O) groups excluding carboxylic acids is 1. The molecule has 1 N–H and O–H groups in total. The number of carbonyl (C=O) groups is 1. The van der Waals surface area contributed by atoms with Gasteiger partial charge in [0.25, 0.3) is 0 Å². The first-order valence-corrected chi connectivity index (χ1v) is 9.86. The van der Waals surface area contributed by atoms with Crippen molar-refractivity contribution in [3.8, 4) is 0 Å². The van der Waals surface area contributed by atoms with E-state index in [1.165, 1.54) is 11.1 Å². The van der Waals surface area contributed by atoms with Crippen molar-refractivity contribution in [2.75, 3.05) is 0 Å². The molecule has 0 bridgehead atoms. The number of para-hydroxylation sites is 2. The van der Waals surface area contributed by atoms with Crippen LogP contribution in [0, 0.1) is 0 Å².